The molecule has 0 fully saturated rings. The maximum atomic E-state index is 13.1. The van der Waals surface area contributed by atoms with Gasteiger partial charge in [-0.3, -0.25) is 37.3 Å². The third-order valence-corrected chi connectivity index (χ3v) is 17.3. The lowest BCUT2D eigenvalue weighted by Gasteiger charge is -2.21. The van der Waals surface area contributed by atoms with E-state index in [1.807, 2.05) is 12.2 Å². The molecule has 0 aromatic heterocycles. The van der Waals surface area contributed by atoms with Gasteiger partial charge in [-0.25, -0.2) is 9.13 Å². The van der Waals surface area contributed by atoms with Crippen LogP contribution >= 0.6 is 15.6 Å². The number of ether oxygens (including phenoxy) is 4. The van der Waals surface area contributed by atoms with Gasteiger partial charge in [0.25, 0.3) is 0 Å². The average Bonchev–Trinajstić information content (AvgIpc) is 0.937. The van der Waals surface area contributed by atoms with E-state index in [1.54, 1.807) is 0 Å². The molecule has 3 N–H and O–H groups in total. The van der Waals surface area contributed by atoms with E-state index < -0.39 is 97.5 Å². The molecule has 0 heterocycles. The van der Waals surface area contributed by atoms with Crippen molar-refractivity contribution in [3.05, 3.63) is 182 Å². The van der Waals surface area contributed by atoms with Crippen molar-refractivity contribution in [2.75, 3.05) is 39.6 Å². The van der Waals surface area contributed by atoms with Crippen LogP contribution in [0, 0.1) is 0 Å². The Balaban J connectivity index is 5.48. The summed E-state index contributed by atoms with van der Waals surface area (Å²) in [4.78, 5) is 73.0. The third-order valence-electron chi connectivity index (χ3n) is 15.4. The van der Waals surface area contributed by atoms with Gasteiger partial charge in [0.05, 0.1) is 26.4 Å². The summed E-state index contributed by atoms with van der Waals surface area (Å²) in [6.07, 6.45) is 90.3. The summed E-state index contributed by atoms with van der Waals surface area (Å²) in [5, 5.41) is 10.6. The van der Waals surface area contributed by atoms with Gasteiger partial charge < -0.3 is 33.8 Å². The fourth-order valence-corrected chi connectivity index (χ4v) is 11.1. The highest BCUT2D eigenvalue weighted by Gasteiger charge is 2.30. The molecule has 0 saturated heterocycles. The fourth-order valence-electron chi connectivity index (χ4n) is 9.57. The molecule has 17 nitrogen and oxygen atoms in total. The number of rotatable bonds is 71. The topological polar surface area (TPSA) is 237 Å². The smallest absolute Gasteiger partial charge is 0.462 e. The van der Waals surface area contributed by atoms with Crippen LogP contribution in [-0.4, -0.2) is 96.7 Å². The van der Waals surface area contributed by atoms with Crippen molar-refractivity contribution in [1.82, 2.24) is 0 Å². The first-order chi connectivity index (χ1) is 50.7. The van der Waals surface area contributed by atoms with E-state index in [0.29, 0.717) is 38.5 Å². The average molecular weight is 1490 g/mol. The Morgan fingerprint density at radius 2 is 0.481 bits per heavy atom. The van der Waals surface area contributed by atoms with E-state index in [9.17, 15) is 43.2 Å². The lowest BCUT2D eigenvalue weighted by molar-refractivity contribution is -0.161. The molecule has 0 saturated carbocycles. The van der Waals surface area contributed by atoms with Crippen molar-refractivity contribution in [2.24, 2.45) is 0 Å². The zero-order chi connectivity index (χ0) is 76.0. The molecule has 104 heavy (non-hydrogen) atoms. The summed E-state index contributed by atoms with van der Waals surface area (Å²) in [6.45, 7) is 4.25. The summed E-state index contributed by atoms with van der Waals surface area (Å²) in [5.74, 6) is -2.34. The molecule has 0 aromatic rings. The lowest BCUT2D eigenvalue weighted by Crippen LogP contribution is -2.30. The van der Waals surface area contributed by atoms with Gasteiger partial charge in [0.1, 0.15) is 19.3 Å². The van der Waals surface area contributed by atoms with E-state index in [4.69, 9.17) is 37.0 Å². The number of phosphoric ester groups is 2. The van der Waals surface area contributed by atoms with Crippen LogP contribution in [0.25, 0.3) is 0 Å². The molecule has 588 valence electrons. The Labute approximate surface area is 628 Å². The van der Waals surface area contributed by atoms with Gasteiger partial charge in [-0.05, 0) is 167 Å². The van der Waals surface area contributed by atoms with Crippen LogP contribution in [0.2, 0.25) is 0 Å². The molecular formula is C85H136O17P2. The summed E-state index contributed by atoms with van der Waals surface area (Å²) in [5.41, 5.74) is 0. The quantitative estimate of drug-likeness (QED) is 0.0169. The second-order valence-electron chi connectivity index (χ2n) is 25.1. The number of aliphatic hydroxyl groups is 1. The SMILES string of the molecule is CC/C=C\C/C=C\C/C=C\C/C=C\C/C=C\CCCC(=O)OCC(COP(=O)(O)OCC(O)COP(=O)(O)OCC(COC(=O)CCCCCCCCC/C=C\C/C=C\C/C=C\CC)OC(=O)CCCCCCC/C=C\C/C=C\C/C=C\CC)OC(=O)CCCC/C=C\C/C=C\C/C=C\C/C=C\CC. The normalized spacial score (nSPS) is 14.9. The lowest BCUT2D eigenvalue weighted by atomic mass is 10.1. The van der Waals surface area contributed by atoms with E-state index in [2.05, 4.69) is 198 Å². The number of allylic oxidation sites excluding steroid dienone is 30. The molecule has 0 radical (unpaired) electrons. The Morgan fingerprint density at radius 1 is 0.269 bits per heavy atom. The molecular weight excluding hydrogens is 1350 g/mol. The van der Waals surface area contributed by atoms with Gasteiger partial charge >= 0.3 is 39.5 Å². The summed E-state index contributed by atoms with van der Waals surface area (Å²) >= 11 is 0. The van der Waals surface area contributed by atoms with Gasteiger partial charge in [0, 0.05) is 25.7 Å². The van der Waals surface area contributed by atoms with Crippen LogP contribution in [0.15, 0.2) is 182 Å². The highest BCUT2D eigenvalue weighted by molar-refractivity contribution is 7.47. The highest BCUT2D eigenvalue weighted by atomic mass is 31.2. The standard InChI is InChI=1S/C85H136O17P2/c1-5-9-13-17-21-25-29-33-37-39-43-45-49-53-57-61-65-69-82(87)95-75-80(101-84(89)71-67-63-59-55-51-47-41-35-31-27-23-19-15-11-7-3)77-99-103(91,92)97-73-79(86)74-98-104(93,94)100-78-81(102-85(90)72-68-64-60-56-52-48-42-36-32-28-24-20-16-12-8-4)76-96-83(88)70-66-62-58-54-50-46-44-40-38-34-30-26-22-18-14-10-6-2/h9-16,21-28,33-38,41-43,45,51,53,55,57,79-81,86H,5-8,17-20,29-32,39-40,44,46-50,52,54,56,58-78H2,1-4H3,(H,91,92)(H,93,94)/b13-9-,14-10-,15-11-,16-12-,25-21-,26-22-,27-23-,28-24-,37-33-,38-34-,41-35-,42-36-,45-43-,55-51-,57-53-. The molecule has 0 aliphatic rings. The van der Waals surface area contributed by atoms with Crippen LogP contribution in [0.5, 0.6) is 0 Å². The van der Waals surface area contributed by atoms with Crippen LogP contribution in [-0.2, 0) is 65.4 Å². The first kappa shape index (κ1) is 98.2. The van der Waals surface area contributed by atoms with Crippen molar-refractivity contribution < 1.29 is 80.2 Å². The molecule has 5 atom stereocenters. The summed E-state index contributed by atoms with van der Waals surface area (Å²) in [7, 11) is -10.0. The van der Waals surface area contributed by atoms with Crippen molar-refractivity contribution in [3.63, 3.8) is 0 Å². The molecule has 0 rings (SSSR count). The minimum absolute atomic E-state index is 0.0230. The monoisotopic (exact) mass is 1490 g/mol. The van der Waals surface area contributed by atoms with Crippen molar-refractivity contribution >= 4 is 39.5 Å². The predicted octanol–water partition coefficient (Wildman–Crippen LogP) is 22.8. The minimum atomic E-state index is -5.01. The molecule has 0 aliphatic heterocycles. The molecule has 0 aromatic carbocycles. The van der Waals surface area contributed by atoms with E-state index in [-0.39, 0.29) is 25.7 Å². The number of carbonyl (C=O) groups excluding carboxylic acids is 4. The summed E-state index contributed by atoms with van der Waals surface area (Å²) in [6, 6.07) is 0. The van der Waals surface area contributed by atoms with Crippen LogP contribution in [0.3, 0.4) is 0 Å². The first-order valence-electron chi connectivity index (χ1n) is 39.0. The predicted molar refractivity (Wildman–Crippen MR) is 426 cm³/mol. The van der Waals surface area contributed by atoms with E-state index >= 15 is 0 Å². The summed E-state index contributed by atoms with van der Waals surface area (Å²) < 4.78 is 68.5. The van der Waals surface area contributed by atoms with Gasteiger partial charge in [-0.1, -0.05) is 261 Å². The molecule has 0 bridgehead atoms. The minimum Gasteiger partial charge on any atom is -0.462 e. The Hall–Kier alpha value is -5.84. The third kappa shape index (κ3) is 74.4. The van der Waals surface area contributed by atoms with Gasteiger partial charge in [0.15, 0.2) is 12.2 Å². The number of unbranched alkanes of at least 4 members (excludes halogenated alkanes) is 15. The van der Waals surface area contributed by atoms with Crippen molar-refractivity contribution in [2.45, 2.75) is 290 Å². The van der Waals surface area contributed by atoms with Crippen LogP contribution < -0.4 is 0 Å². The first-order valence-corrected chi connectivity index (χ1v) is 42.0. The van der Waals surface area contributed by atoms with E-state index in [0.717, 1.165) is 180 Å². The largest absolute Gasteiger partial charge is 0.472 e. The molecule has 19 heteroatoms. The molecule has 0 spiro atoms. The number of aliphatic hydroxyl groups excluding tert-OH is 1. The Morgan fingerprint density at radius 3 is 0.779 bits per heavy atom. The second kappa shape index (κ2) is 75.4. The van der Waals surface area contributed by atoms with E-state index in [1.165, 1.54) is 0 Å². The van der Waals surface area contributed by atoms with Crippen LogP contribution in [0.4, 0.5) is 0 Å². The molecule has 0 aliphatic carbocycles. The Bertz CT molecular complexity index is 2690. The zero-order valence-electron chi connectivity index (χ0n) is 64.1. The molecule has 5 unspecified atom stereocenters. The molecule has 0 amide bonds. The zero-order valence-corrected chi connectivity index (χ0v) is 65.9. The second-order valence-corrected chi connectivity index (χ2v) is 28.0. The van der Waals surface area contributed by atoms with Gasteiger partial charge in [-0.15, -0.1) is 0 Å². The number of hydrogen-bond acceptors (Lipinski definition) is 15. The Kier molecular flexibility index (Phi) is 71.2. The maximum Gasteiger partial charge on any atom is 0.472 e. The van der Waals surface area contributed by atoms with Gasteiger partial charge in [0.2, 0.25) is 0 Å². The van der Waals surface area contributed by atoms with Crippen molar-refractivity contribution in [1.29, 1.82) is 0 Å². The number of carbonyl (C=O) groups is 4. The number of phosphoric acid groups is 2. The van der Waals surface area contributed by atoms with Crippen LogP contribution in [0.1, 0.15) is 272 Å². The van der Waals surface area contributed by atoms with Gasteiger partial charge in [-0.2, -0.15) is 0 Å². The van der Waals surface area contributed by atoms with Crippen molar-refractivity contribution in [3.8, 4) is 0 Å². The number of hydrogen-bond donors (Lipinski definition) is 3. The number of esters is 4. The highest BCUT2D eigenvalue weighted by Crippen LogP contribution is 2.45. The fraction of sp³-hybridized carbons (Fsp3) is 0.600. The maximum absolute atomic E-state index is 13.1.